The molecule has 9 heteroatoms. The molecule has 0 fully saturated rings. The molecular weight excluding hydrogens is 382 g/mol. The quantitative estimate of drug-likeness (QED) is 0.358. The first-order valence-corrected chi connectivity index (χ1v) is 10.2. The van der Waals surface area contributed by atoms with Crippen molar-refractivity contribution in [2.75, 3.05) is 19.8 Å². The van der Waals surface area contributed by atoms with Crippen molar-refractivity contribution in [1.29, 1.82) is 5.41 Å². The zero-order chi connectivity index (χ0) is 21.5. The Morgan fingerprint density at radius 3 is 2.63 bits per heavy atom. The molecule has 3 aromatic rings. The molecule has 0 aromatic carbocycles. The Bertz CT molecular complexity index is 1000. The number of aromatic nitrogens is 5. The second-order valence-corrected chi connectivity index (χ2v) is 7.20. The highest BCUT2D eigenvalue weighted by molar-refractivity contribution is 6.07. The van der Waals surface area contributed by atoms with E-state index in [2.05, 4.69) is 29.4 Å². The second-order valence-electron chi connectivity index (χ2n) is 7.20. The lowest BCUT2D eigenvalue weighted by Crippen LogP contribution is -2.24. The van der Waals surface area contributed by atoms with Gasteiger partial charge in [0.25, 0.3) is 0 Å². The van der Waals surface area contributed by atoms with Crippen LogP contribution in [0.15, 0.2) is 37.1 Å². The summed E-state index contributed by atoms with van der Waals surface area (Å²) in [6.45, 7) is 4.47. The Hall–Kier alpha value is -3.04. The summed E-state index contributed by atoms with van der Waals surface area (Å²) >= 11 is 0. The fraction of sp³-hybridized carbons (Fsp3) is 0.429. The summed E-state index contributed by atoms with van der Waals surface area (Å²) in [5, 5.41) is 38.2. The van der Waals surface area contributed by atoms with Crippen LogP contribution in [0.4, 0.5) is 0 Å². The van der Waals surface area contributed by atoms with Gasteiger partial charge in [0.2, 0.25) is 0 Å². The predicted octanol–water partition coefficient (Wildman–Crippen LogP) is 2.13. The van der Waals surface area contributed by atoms with Gasteiger partial charge in [-0.05, 0) is 18.9 Å². The minimum atomic E-state index is -0.263. The van der Waals surface area contributed by atoms with Crippen LogP contribution in [0.1, 0.15) is 38.4 Å². The molecule has 0 aliphatic heterocycles. The summed E-state index contributed by atoms with van der Waals surface area (Å²) in [5.41, 5.74) is 3.66. The molecule has 0 unspecified atom stereocenters. The van der Waals surface area contributed by atoms with Crippen LogP contribution < -0.4 is 5.32 Å². The maximum Gasteiger partial charge on any atom is 0.0999 e. The van der Waals surface area contributed by atoms with Gasteiger partial charge in [-0.1, -0.05) is 13.8 Å². The summed E-state index contributed by atoms with van der Waals surface area (Å²) in [5.74, 6) is -0.263. The maximum atomic E-state index is 9.20. The van der Waals surface area contributed by atoms with E-state index in [1.54, 1.807) is 23.1 Å². The summed E-state index contributed by atoms with van der Waals surface area (Å²) in [4.78, 5) is 4.80. The Morgan fingerprint density at radius 2 is 1.97 bits per heavy atom. The van der Waals surface area contributed by atoms with Crippen molar-refractivity contribution in [2.24, 2.45) is 5.92 Å². The number of hydrogen-bond donors (Lipinski definition) is 4. The van der Waals surface area contributed by atoms with E-state index >= 15 is 0 Å². The average Bonchev–Trinajstić information content (AvgIpc) is 3.44. The Kier molecular flexibility index (Phi) is 7.31. The SMILES string of the molecule is CCC(CC)n1cc(-c2nc(/C(C=N)=C/NCC(CO)CO)cn3nccc23)cn1. The van der Waals surface area contributed by atoms with Crippen molar-refractivity contribution >= 4 is 17.3 Å². The van der Waals surface area contributed by atoms with E-state index < -0.39 is 0 Å². The number of hydrogen-bond acceptors (Lipinski definition) is 7. The van der Waals surface area contributed by atoms with E-state index in [0.717, 1.165) is 29.6 Å². The lowest BCUT2D eigenvalue weighted by molar-refractivity contribution is 0.151. The van der Waals surface area contributed by atoms with E-state index in [-0.39, 0.29) is 19.1 Å². The van der Waals surface area contributed by atoms with Crippen molar-refractivity contribution in [2.45, 2.75) is 32.7 Å². The van der Waals surface area contributed by atoms with Crippen molar-refractivity contribution in [3.05, 3.63) is 42.7 Å². The third kappa shape index (κ3) is 4.58. The molecule has 30 heavy (non-hydrogen) atoms. The van der Waals surface area contributed by atoms with Gasteiger partial charge in [0.1, 0.15) is 0 Å². The number of fused-ring (bicyclic) bond motifs is 1. The van der Waals surface area contributed by atoms with E-state index in [1.807, 2.05) is 23.1 Å². The highest BCUT2D eigenvalue weighted by Crippen LogP contribution is 2.26. The van der Waals surface area contributed by atoms with E-state index in [0.29, 0.717) is 23.9 Å². The molecule has 9 nitrogen and oxygen atoms in total. The molecule has 0 amide bonds. The summed E-state index contributed by atoms with van der Waals surface area (Å²) in [6, 6.07) is 2.25. The fourth-order valence-electron chi connectivity index (χ4n) is 3.31. The van der Waals surface area contributed by atoms with Gasteiger partial charge in [-0.15, -0.1) is 0 Å². The zero-order valence-electron chi connectivity index (χ0n) is 17.4. The fourth-order valence-corrected chi connectivity index (χ4v) is 3.31. The number of nitrogens with one attached hydrogen (secondary N) is 2. The molecule has 0 aliphatic carbocycles. The van der Waals surface area contributed by atoms with Gasteiger partial charge in [0.05, 0.1) is 41.5 Å². The molecule has 0 atom stereocenters. The Labute approximate surface area is 175 Å². The van der Waals surface area contributed by atoms with Crippen molar-refractivity contribution in [3.63, 3.8) is 0 Å². The molecule has 3 aromatic heterocycles. The molecule has 0 bridgehead atoms. The van der Waals surface area contributed by atoms with Crippen LogP contribution in [0.2, 0.25) is 0 Å². The molecule has 0 saturated carbocycles. The highest BCUT2D eigenvalue weighted by Gasteiger charge is 2.15. The van der Waals surface area contributed by atoms with Gasteiger partial charge in [0.15, 0.2) is 0 Å². The maximum absolute atomic E-state index is 9.20. The minimum absolute atomic E-state index is 0.112. The third-order valence-corrected chi connectivity index (χ3v) is 5.21. The van der Waals surface area contributed by atoms with Gasteiger partial charge in [-0.25, -0.2) is 9.50 Å². The largest absolute Gasteiger partial charge is 0.396 e. The third-order valence-electron chi connectivity index (χ3n) is 5.21. The number of aliphatic hydroxyl groups excluding tert-OH is 2. The van der Waals surface area contributed by atoms with Crippen molar-refractivity contribution in [3.8, 4) is 11.3 Å². The first kappa shape index (κ1) is 21.7. The van der Waals surface area contributed by atoms with Crippen molar-refractivity contribution < 1.29 is 10.2 Å². The molecule has 4 N–H and O–H groups in total. The number of nitrogens with zero attached hydrogens (tertiary/aromatic N) is 5. The zero-order valence-corrected chi connectivity index (χ0v) is 17.4. The summed E-state index contributed by atoms with van der Waals surface area (Å²) in [7, 11) is 0. The molecular formula is C21H29N7O2. The number of rotatable bonds is 11. The van der Waals surface area contributed by atoms with E-state index in [9.17, 15) is 10.2 Å². The van der Waals surface area contributed by atoms with Crippen LogP contribution in [-0.4, -0.2) is 60.6 Å². The lowest BCUT2D eigenvalue weighted by atomic mass is 10.1. The Morgan fingerprint density at radius 1 is 1.20 bits per heavy atom. The van der Waals surface area contributed by atoms with Gasteiger partial charge in [-0.3, -0.25) is 4.68 Å². The molecule has 0 spiro atoms. The standard InChI is InChI=1S/C21H29N7O2/c1-3-18(4-2)27-11-17(10-25-27)21-20-5-6-24-28(20)12-19(26-21)16(7-22)9-23-8-15(13-29)14-30/h5-7,9-12,15,18,22-23,29-30H,3-4,8,13-14H2,1-2H3/b16-9+,22-7?. The highest BCUT2D eigenvalue weighted by atomic mass is 16.3. The van der Waals surface area contributed by atoms with Gasteiger partial charge < -0.3 is 20.9 Å². The number of allylic oxidation sites excluding steroid dienone is 1. The van der Waals surface area contributed by atoms with Crippen LogP contribution >= 0.6 is 0 Å². The Balaban J connectivity index is 1.97. The molecule has 0 saturated heterocycles. The number of aliphatic hydroxyl groups is 2. The first-order valence-electron chi connectivity index (χ1n) is 10.2. The van der Waals surface area contributed by atoms with Crippen LogP contribution in [-0.2, 0) is 0 Å². The van der Waals surface area contributed by atoms with Gasteiger partial charge in [0, 0.05) is 55.4 Å². The minimum Gasteiger partial charge on any atom is -0.396 e. The normalized spacial score (nSPS) is 12.3. The van der Waals surface area contributed by atoms with Gasteiger partial charge >= 0.3 is 0 Å². The van der Waals surface area contributed by atoms with Crippen LogP contribution in [0, 0.1) is 11.3 Å². The van der Waals surface area contributed by atoms with Crippen LogP contribution in [0.5, 0.6) is 0 Å². The second kappa shape index (κ2) is 10.1. The molecule has 160 valence electrons. The average molecular weight is 412 g/mol. The van der Waals surface area contributed by atoms with Crippen molar-refractivity contribution in [1.82, 2.24) is 29.7 Å². The monoisotopic (exact) mass is 411 g/mol. The van der Waals surface area contributed by atoms with E-state index in [1.165, 1.54) is 6.21 Å². The molecule has 3 rings (SSSR count). The smallest absolute Gasteiger partial charge is 0.0999 e. The van der Waals surface area contributed by atoms with Gasteiger partial charge in [-0.2, -0.15) is 10.2 Å². The molecule has 3 heterocycles. The van der Waals surface area contributed by atoms with E-state index in [4.69, 9.17) is 10.4 Å². The topological polar surface area (TPSA) is 124 Å². The molecule has 0 aliphatic rings. The molecule has 0 radical (unpaired) electrons. The van der Waals surface area contributed by atoms with Crippen LogP contribution in [0.3, 0.4) is 0 Å². The summed E-state index contributed by atoms with van der Waals surface area (Å²) < 4.78 is 3.73. The lowest BCUT2D eigenvalue weighted by Gasteiger charge is -2.12. The summed E-state index contributed by atoms with van der Waals surface area (Å²) in [6.07, 6.45) is 12.2. The first-order chi connectivity index (χ1) is 14.6. The van der Waals surface area contributed by atoms with Crippen LogP contribution in [0.25, 0.3) is 22.3 Å². The predicted molar refractivity (Wildman–Crippen MR) is 116 cm³/mol.